The predicted octanol–water partition coefficient (Wildman–Crippen LogP) is 5.32. The van der Waals surface area contributed by atoms with Gasteiger partial charge in [0.25, 0.3) is 11.8 Å². The van der Waals surface area contributed by atoms with E-state index in [2.05, 4.69) is 5.32 Å². The molecule has 9 nitrogen and oxygen atoms in total. The minimum Gasteiger partial charge on any atom is -0.455 e. The molecular formula is C35H31F2N3O6S. The van der Waals surface area contributed by atoms with Crippen LogP contribution >= 0.6 is 0 Å². The Morgan fingerprint density at radius 2 is 1.62 bits per heavy atom. The molecule has 0 radical (unpaired) electrons. The van der Waals surface area contributed by atoms with E-state index in [9.17, 15) is 31.9 Å². The van der Waals surface area contributed by atoms with E-state index in [4.69, 9.17) is 10.2 Å². The average Bonchev–Trinajstić information content (AvgIpc) is 3.71. The minimum atomic E-state index is -3.76. The maximum absolute atomic E-state index is 13.7. The van der Waals surface area contributed by atoms with E-state index in [1.165, 1.54) is 36.4 Å². The van der Waals surface area contributed by atoms with Crippen molar-refractivity contribution in [3.63, 3.8) is 0 Å². The lowest BCUT2D eigenvalue weighted by atomic mass is 9.94. The Hall–Kier alpha value is -4.91. The van der Waals surface area contributed by atoms with E-state index in [-0.39, 0.29) is 41.7 Å². The molecule has 0 unspecified atom stereocenters. The molecule has 1 saturated carbocycles. The maximum Gasteiger partial charge on any atom is 0.253 e. The topological polar surface area (TPSA) is 143 Å². The molecule has 4 N–H and O–H groups in total. The van der Waals surface area contributed by atoms with Crippen LogP contribution in [-0.4, -0.2) is 49.1 Å². The Morgan fingerprint density at radius 3 is 2.21 bits per heavy atom. The summed E-state index contributed by atoms with van der Waals surface area (Å²) in [4.78, 5) is 26.3. The van der Waals surface area contributed by atoms with E-state index in [1.807, 2.05) is 0 Å². The molecular weight excluding hydrogens is 628 g/mol. The molecule has 1 aromatic heterocycles. The van der Waals surface area contributed by atoms with Crippen molar-refractivity contribution in [1.29, 1.82) is 0 Å². The SMILES string of the molecule is CS(=O)(=O)N(CCO)Cc1cc2oc(-c3ccc(F)cc3)c(C(N)=O)c2cc1-c1cccc(C(=O)NC2(c3ccc(F)cc3)CC2)c1. The van der Waals surface area contributed by atoms with Gasteiger partial charge in [-0.05, 0) is 95.8 Å². The molecule has 12 heteroatoms. The number of carbonyl (C=O) groups excluding carboxylic acids is 2. The van der Waals surface area contributed by atoms with Crippen molar-refractivity contribution in [3.05, 3.63) is 119 Å². The highest BCUT2D eigenvalue weighted by Gasteiger charge is 2.45. The summed E-state index contributed by atoms with van der Waals surface area (Å²) in [6, 6.07) is 21.4. The number of amides is 2. The van der Waals surface area contributed by atoms with Crippen LogP contribution in [0.25, 0.3) is 33.4 Å². The van der Waals surface area contributed by atoms with Gasteiger partial charge in [-0.15, -0.1) is 0 Å². The third-order valence-electron chi connectivity index (χ3n) is 8.37. The van der Waals surface area contributed by atoms with Gasteiger partial charge >= 0.3 is 0 Å². The zero-order chi connectivity index (χ0) is 33.5. The Kier molecular flexibility index (Phi) is 8.43. The van der Waals surface area contributed by atoms with Crippen LogP contribution < -0.4 is 11.1 Å². The smallest absolute Gasteiger partial charge is 0.253 e. The summed E-state index contributed by atoms with van der Waals surface area (Å²) in [7, 11) is -3.76. The summed E-state index contributed by atoms with van der Waals surface area (Å²) in [6.07, 6.45) is 2.43. The Morgan fingerprint density at radius 1 is 0.957 bits per heavy atom. The summed E-state index contributed by atoms with van der Waals surface area (Å²) in [6.45, 7) is -0.750. The summed E-state index contributed by atoms with van der Waals surface area (Å²) < 4.78 is 59.7. The lowest BCUT2D eigenvalue weighted by molar-refractivity contribution is 0.0929. The first-order valence-electron chi connectivity index (χ1n) is 14.8. The van der Waals surface area contributed by atoms with Crippen LogP contribution in [0.2, 0.25) is 0 Å². The zero-order valence-electron chi connectivity index (χ0n) is 25.3. The first kappa shape index (κ1) is 32.0. The van der Waals surface area contributed by atoms with Crippen LogP contribution in [0, 0.1) is 11.6 Å². The number of carbonyl (C=O) groups is 2. The monoisotopic (exact) mass is 659 g/mol. The van der Waals surface area contributed by atoms with Crippen LogP contribution in [0.5, 0.6) is 0 Å². The van der Waals surface area contributed by atoms with Crippen molar-refractivity contribution in [2.45, 2.75) is 24.9 Å². The van der Waals surface area contributed by atoms with Gasteiger partial charge in [0, 0.05) is 29.6 Å². The number of primary amides is 1. The molecule has 2 amide bonds. The van der Waals surface area contributed by atoms with E-state index < -0.39 is 33.9 Å². The summed E-state index contributed by atoms with van der Waals surface area (Å²) in [5.74, 6) is -1.87. The maximum atomic E-state index is 13.7. The highest BCUT2D eigenvalue weighted by atomic mass is 32.2. The molecule has 1 aliphatic rings. The highest BCUT2D eigenvalue weighted by Crippen LogP contribution is 2.46. The molecule has 0 aliphatic heterocycles. The van der Waals surface area contributed by atoms with Crippen LogP contribution in [0.1, 0.15) is 44.7 Å². The third-order valence-corrected chi connectivity index (χ3v) is 9.62. The molecule has 1 heterocycles. The number of aliphatic hydroxyl groups is 1. The molecule has 5 aromatic rings. The number of hydrogen-bond acceptors (Lipinski definition) is 6. The van der Waals surface area contributed by atoms with Crippen molar-refractivity contribution < 1.29 is 36.3 Å². The lowest BCUT2D eigenvalue weighted by Crippen LogP contribution is -2.34. The van der Waals surface area contributed by atoms with E-state index in [1.54, 1.807) is 48.5 Å². The Labute approximate surface area is 269 Å². The highest BCUT2D eigenvalue weighted by molar-refractivity contribution is 7.88. The number of nitrogens with zero attached hydrogens (tertiary/aromatic N) is 1. The fraction of sp³-hybridized carbons (Fsp3) is 0.200. The molecule has 0 bridgehead atoms. The summed E-state index contributed by atoms with van der Waals surface area (Å²) in [5, 5.41) is 13.0. The van der Waals surface area contributed by atoms with Crippen molar-refractivity contribution in [3.8, 4) is 22.5 Å². The van der Waals surface area contributed by atoms with Crippen LogP contribution in [0.15, 0.2) is 89.3 Å². The number of hydrogen-bond donors (Lipinski definition) is 3. The van der Waals surface area contributed by atoms with Gasteiger partial charge in [-0.2, -0.15) is 4.31 Å². The molecule has 242 valence electrons. The number of halogens is 2. The van der Waals surface area contributed by atoms with Crippen molar-refractivity contribution in [1.82, 2.24) is 9.62 Å². The molecule has 4 aromatic carbocycles. The molecule has 47 heavy (non-hydrogen) atoms. The Bertz CT molecular complexity index is 2110. The van der Waals surface area contributed by atoms with Crippen molar-refractivity contribution >= 4 is 32.8 Å². The van der Waals surface area contributed by atoms with Gasteiger partial charge in [-0.3, -0.25) is 9.59 Å². The van der Waals surface area contributed by atoms with Gasteiger partial charge < -0.3 is 20.6 Å². The van der Waals surface area contributed by atoms with E-state index >= 15 is 0 Å². The number of fused-ring (bicyclic) bond motifs is 1. The van der Waals surface area contributed by atoms with Gasteiger partial charge in [0.2, 0.25) is 10.0 Å². The van der Waals surface area contributed by atoms with E-state index in [0.717, 1.165) is 16.1 Å². The third kappa shape index (κ3) is 6.53. The molecule has 0 spiro atoms. The molecule has 6 rings (SSSR count). The van der Waals surface area contributed by atoms with Crippen molar-refractivity contribution in [2.75, 3.05) is 19.4 Å². The van der Waals surface area contributed by atoms with Crippen LogP contribution in [0.4, 0.5) is 8.78 Å². The molecule has 1 fully saturated rings. The number of nitrogens with two attached hydrogens (primary N) is 1. The lowest BCUT2D eigenvalue weighted by Gasteiger charge is -2.21. The van der Waals surface area contributed by atoms with E-state index in [0.29, 0.717) is 46.0 Å². The van der Waals surface area contributed by atoms with Gasteiger partial charge in [-0.25, -0.2) is 17.2 Å². The molecule has 0 saturated heterocycles. The standard InChI is InChI=1S/C35H31F2N3O6S/c1-47(44,45)40(15-16-41)20-24-18-30-29(31(33(38)42)32(46-30)21-5-9-26(36)10-6-21)19-28(24)22-3-2-4-23(17-22)34(43)39-35(13-14-35)25-7-11-27(37)12-8-25/h2-12,17-19,41H,13-16,20H2,1H3,(H2,38,42)(H,39,43). The second kappa shape index (κ2) is 12.4. The van der Waals surface area contributed by atoms with Gasteiger partial charge in [0.15, 0.2) is 0 Å². The largest absolute Gasteiger partial charge is 0.455 e. The van der Waals surface area contributed by atoms with Crippen LogP contribution in [0.3, 0.4) is 0 Å². The van der Waals surface area contributed by atoms with Crippen LogP contribution in [-0.2, 0) is 22.1 Å². The predicted molar refractivity (Wildman–Crippen MR) is 173 cm³/mol. The van der Waals surface area contributed by atoms with Crippen molar-refractivity contribution in [2.24, 2.45) is 5.73 Å². The summed E-state index contributed by atoms with van der Waals surface area (Å²) >= 11 is 0. The second-order valence-corrected chi connectivity index (χ2v) is 13.6. The van der Waals surface area contributed by atoms with Gasteiger partial charge in [-0.1, -0.05) is 24.3 Å². The zero-order valence-corrected chi connectivity index (χ0v) is 26.1. The average molecular weight is 660 g/mol. The molecule has 0 atom stereocenters. The summed E-state index contributed by atoms with van der Waals surface area (Å²) in [5.41, 5.74) is 8.54. The van der Waals surface area contributed by atoms with Gasteiger partial charge in [0.05, 0.1) is 24.0 Å². The number of aliphatic hydroxyl groups excluding tert-OH is 1. The first-order chi connectivity index (χ1) is 22.4. The first-order valence-corrected chi connectivity index (χ1v) is 16.6. The normalized spacial score (nSPS) is 14.0. The molecule has 1 aliphatic carbocycles. The minimum absolute atomic E-state index is 0.0543. The number of nitrogens with one attached hydrogen (secondary N) is 1. The fourth-order valence-corrected chi connectivity index (χ4v) is 6.58. The number of sulfonamides is 1. The number of rotatable bonds is 11. The fourth-order valence-electron chi connectivity index (χ4n) is 5.79. The van der Waals surface area contributed by atoms with Gasteiger partial charge in [0.1, 0.15) is 23.0 Å². The number of benzene rings is 4. The Balaban J connectivity index is 1.46. The quantitative estimate of drug-likeness (QED) is 0.175. The number of furan rings is 1. The second-order valence-electron chi connectivity index (χ2n) is 11.6.